The Kier molecular flexibility index (Phi) is 6.61. The van der Waals surface area contributed by atoms with Crippen molar-refractivity contribution in [2.24, 2.45) is 0 Å². The Morgan fingerprint density at radius 1 is 1.29 bits per heavy atom. The van der Waals surface area contributed by atoms with Gasteiger partial charge in [0.1, 0.15) is 12.3 Å². The summed E-state index contributed by atoms with van der Waals surface area (Å²) in [6, 6.07) is 3.01. The van der Waals surface area contributed by atoms with E-state index in [9.17, 15) is 14.4 Å². The van der Waals surface area contributed by atoms with Gasteiger partial charge in [0, 0.05) is 12.4 Å². The van der Waals surface area contributed by atoms with Crippen LogP contribution < -0.4 is 0 Å². The number of terminal acetylenes is 1. The largest absolute Gasteiger partial charge is 0.466 e. The Labute approximate surface area is 122 Å². The number of aromatic nitrogens is 1. The second-order valence-electron chi connectivity index (χ2n) is 3.97. The Morgan fingerprint density at radius 2 is 1.95 bits per heavy atom. The molecule has 0 aliphatic carbocycles. The molecule has 0 aromatic carbocycles. The van der Waals surface area contributed by atoms with E-state index < -0.39 is 30.1 Å². The number of hydrogen-bond acceptors (Lipinski definition) is 6. The van der Waals surface area contributed by atoms with Crippen molar-refractivity contribution in [1.29, 1.82) is 0 Å². The number of ether oxygens (including phenoxy) is 2. The first-order valence-electron chi connectivity index (χ1n) is 6.28. The number of carbonyl (C=O) groups is 3. The van der Waals surface area contributed by atoms with Crippen molar-refractivity contribution < 1.29 is 23.9 Å². The second kappa shape index (κ2) is 8.48. The molecule has 110 valence electrons. The van der Waals surface area contributed by atoms with E-state index in [1.807, 2.05) is 0 Å². The maximum absolute atomic E-state index is 12.2. The fourth-order valence-electron chi connectivity index (χ4n) is 1.66. The highest BCUT2D eigenvalue weighted by Crippen LogP contribution is 2.20. The molecule has 0 saturated carbocycles. The minimum absolute atomic E-state index is 0.160. The minimum Gasteiger partial charge on any atom is -0.466 e. The fraction of sp³-hybridized carbons (Fsp3) is 0.333. The molecule has 1 heterocycles. The standard InChI is InChI=1S/C15H15NO5/c1-3-9-21-15(19)14(11-5-7-16-8-6-11)12(17)10-13(18)20-4-2/h1,5-8,14H,4,9-10H2,2H3. The van der Waals surface area contributed by atoms with Crippen molar-refractivity contribution in [1.82, 2.24) is 4.98 Å². The van der Waals surface area contributed by atoms with Gasteiger partial charge in [0.2, 0.25) is 0 Å². The molecule has 0 aliphatic heterocycles. The SMILES string of the molecule is C#CCOC(=O)C(C(=O)CC(=O)OCC)c1ccncc1. The molecule has 0 aliphatic rings. The molecule has 0 bridgehead atoms. The van der Waals surface area contributed by atoms with Crippen molar-refractivity contribution in [3.8, 4) is 12.3 Å². The van der Waals surface area contributed by atoms with Gasteiger partial charge in [-0.25, -0.2) is 0 Å². The van der Waals surface area contributed by atoms with Gasteiger partial charge in [-0.2, -0.15) is 0 Å². The molecule has 0 spiro atoms. The van der Waals surface area contributed by atoms with Crippen molar-refractivity contribution in [2.75, 3.05) is 13.2 Å². The summed E-state index contributed by atoms with van der Waals surface area (Å²) in [5, 5.41) is 0. The number of rotatable bonds is 7. The molecule has 1 atom stereocenters. The molecule has 1 unspecified atom stereocenters. The molecular weight excluding hydrogens is 274 g/mol. The van der Waals surface area contributed by atoms with Crippen LogP contribution >= 0.6 is 0 Å². The third-order valence-corrected chi connectivity index (χ3v) is 2.52. The molecule has 6 heteroatoms. The number of carbonyl (C=O) groups excluding carboxylic acids is 3. The normalized spacial score (nSPS) is 11.0. The summed E-state index contributed by atoms with van der Waals surface area (Å²) in [7, 11) is 0. The third kappa shape index (κ3) is 5.07. The van der Waals surface area contributed by atoms with Gasteiger partial charge in [-0.05, 0) is 24.6 Å². The van der Waals surface area contributed by atoms with Gasteiger partial charge >= 0.3 is 11.9 Å². The maximum Gasteiger partial charge on any atom is 0.321 e. The molecule has 1 rings (SSSR count). The molecule has 6 nitrogen and oxygen atoms in total. The summed E-state index contributed by atoms with van der Waals surface area (Å²) in [5.41, 5.74) is 0.390. The Balaban J connectivity index is 2.92. The number of pyridine rings is 1. The molecule has 0 saturated heterocycles. The summed E-state index contributed by atoms with van der Waals surface area (Å²) < 4.78 is 9.50. The van der Waals surface area contributed by atoms with Crippen molar-refractivity contribution in [2.45, 2.75) is 19.3 Å². The zero-order chi connectivity index (χ0) is 15.7. The van der Waals surface area contributed by atoms with Crippen LogP contribution in [0.2, 0.25) is 0 Å². The van der Waals surface area contributed by atoms with Crippen molar-refractivity contribution in [3.63, 3.8) is 0 Å². The van der Waals surface area contributed by atoms with Crippen LogP contribution in [-0.4, -0.2) is 35.9 Å². The van der Waals surface area contributed by atoms with E-state index >= 15 is 0 Å². The van der Waals surface area contributed by atoms with E-state index in [4.69, 9.17) is 15.9 Å². The van der Waals surface area contributed by atoms with Crippen LogP contribution in [0.4, 0.5) is 0 Å². The molecule has 1 aromatic heterocycles. The van der Waals surface area contributed by atoms with E-state index in [1.165, 1.54) is 24.5 Å². The lowest BCUT2D eigenvalue weighted by Crippen LogP contribution is -2.26. The van der Waals surface area contributed by atoms with E-state index in [0.29, 0.717) is 5.56 Å². The summed E-state index contributed by atoms with van der Waals surface area (Å²) in [5.74, 6) is -1.17. The van der Waals surface area contributed by atoms with Crippen LogP contribution in [0.1, 0.15) is 24.8 Å². The number of Topliss-reactive ketones (excluding diaryl/α,β-unsaturated/α-hetero) is 1. The highest BCUT2D eigenvalue weighted by molar-refractivity contribution is 6.10. The van der Waals surface area contributed by atoms with Gasteiger partial charge < -0.3 is 9.47 Å². The molecule has 0 amide bonds. The Morgan fingerprint density at radius 3 is 2.52 bits per heavy atom. The van der Waals surface area contributed by atoms with Gasteiger partial charge in [-0.3, -0.25) is 19.4 Å². The molecule has 0 radical (unpaired) electrons. The van der Waals surface area contributed by atoms with Crippen LogP contribution in [0.15, 0.2) is 24.5 Å². The summed E-state index contributed by atoms with van der Waals surface area (Å²) in [4.78, 5) is 39.3. The number of hydrogen-bond donors (Lipinski definition) is 0. The predicted molar refractivity (Wildman–Crippen MR) is 73.0 cm³/mol. The number of ketones is 1. The predicted octanol–water partition coefficient (Wildman–Crippen LogP) is 0.864. The van der Waals surface area contributed by atoms with Crippen LogP contribution in [0.3, 0.4) is 0 Å². The topological polar surface area (TPSA) is 82.6 Å². The lowest BCUT2D eigenvalue weighted by Gasteiger charge is -2.14. The van der Waals surface area contributed by atoms with Gasteiger partial charge in [0.05, 0.1) is 6.61 Å². The smallest absolute Gasteiger partial charge is 0.321 e. The summed E-state index contributed by atoms with van der Waals surface area (Å²) >= 11 is 0. The zero-order valence-corrected chi connectivity index (χ0v) is 11.6. The minimum atomic E-state index is -1.22. The third-order valence-electron chi connectivity index (χ3n) is 2.52. The highest BCUT2D eigenvalue weighted by atomic mass is 16.5. The summed E-state index contributed by atoms with van der Waals surface area (Å²) in [6.07, 6.45) is 7.39. The zero-order valence-electron chi connectivity index (χ0n) is 11.6. The summed E-state index contributed by atoms with van der Waals surface area (Å²) in [6.45, 7) is 1.55. The van der Waals surface area contributed by atoms with Crippen LogP contribution in [-0.2, 0) is 23.9 Å². The highest BCUT2D eigenvalue weighted by Gasteiger charge is 2.31. The van der Waals surface area contributed by atoms with Crippen LogP contribution in [0.5, 0.6) is 0 Å². The van der Waals surface area contributed by atoms with Gasteiger partial charge in [0.25, 0.3) is 0 Å². The van der Waals surface area contributed by atoms with E-state index in [1.54, 1.807) is 6.92 Å². The first-order chi connectivity index (χ1) is 10.1. The maximum atomic E-state index is 12.2. The van der Waals surface area contributed by atoms with Gasteiger partial charge in [-0.15, -0.1) is 6.42 Å². The van der Waals surface area contributed by atoms with E-state index in [0.717, 1.165) is 0 Å². The van der Waals surface area contributed by atoms with Gasteiger partial charge in [0.15, 0.2) is 12.4 Å². The average molecular weight is 289 g/mol. The van der Waals surface area contributed by atoms with Crippen LogP contribution in [0, 0.1) is 12.3 Å². The first kappa shape index (κ1) is 16.4. The molecule has 0 fully saturated rings. The van der Waals surface area contributed by atoms with Crippen molar-refractivity contribution in [3.05, 3.63) is 30.1 Å². The van der Waals surface area contributed by atoms with Gasteiger partial charge in [-0.1, -0.05) is 5.92 Å². The lowest BCUT2D eigenvalue weighted by molar-refractivity contribution is -0.149. The quantitative estimate of drug-likeness (QED) is 0.421. The van der Waals surface area contributed by atoms with E-state index in [2.05, 4.69) is 10.9 Å². The lowest BCUT2D eigenvalue weighted by atomic mass is 9.94. The monoisotopic (exact) mass is 289 g/mol. The molecule has 1 aromatic rings. The number of nitrogens with zero attached hydrogens (tertiary/aromatic N) is 1. The van der Waals surface area contributed by atoms with E-state index in [-0.39, 0.29) is 13.2 Å². The first-order valence-corrected chi connectivity index (χ1v) is 6.28. The van der Waals surface area contributed by atoms with Crippen molar-refractivity contribution >= 4 is 17.7 Å². The molecule has 0 N–H and O–H groups in total. The average Bonchev–Trinajstić information content (AvgIpc) is 2.46. The Hall–Kier alpha value is -2.68. The number of esters is 2. The molecular formula is C15H15NO5. The van der Waals surface area contributed by atoms with Crippen LogP contribution in [0.25, 0.3) is 0 Å². The molecule has 21 heavy (non-hydrogen) atoms. The fourth-order valence-corrected chi connectivity index (χ4v) is 1.66. The Bertz CT molecular complexity index is 547. The second-order valence-corrected chi connectivity index (χ2v) is 3.97.